The molecule has 1 aromatic heterocycles. The van der Waals surface area contributed by atoms with Crippen molar-refractivity contribution in [1.29, 1.82) is 0 Å². The van der Waals surface area contributed by atoms with E-state index in [2.05, 4.69) is 16.4 Å². The van der Waals surface area contributed by atoms with E-state index in [1.165, 1.54) is 11.8 Å². The molecule has 0 radical (unpaired) electrons. The van der Waals surface area contributed by atoms with Gasteiger partial charge in [0.25, 0.3) is 0 Å². The lowest BCUT2D eigenvalue weighted by molar-refractivity contribution is -0.113. The van der Waals surface area contributed by atoms with Gasteiger partial charge in [-0.2, -0.15) is 0 Å². The van der Waals surface area contributed by atoms with Crippen molar-refractivity contribution in [2.24, 2.45) is 0 Å². The van der Waals surface area contributed by atoms with Gasteiger partial charge in [-0.25, -0.2) is 4.98 Å². The molecule has 1 N–H and O–H groups in total. The van der Waals surface area contributed by atoms with Gasteiger partial charge in [0.15, 0.2) is 5.16 Å². The van der Waals surface area contributed by atoms with Crippen LogP contribution < -0.4 is 10.1 Å². The highest BCUT2D eigenvalue weighted by atomic mass is 32.2. The second-order valence-electron chi connectivity index (χ2n) is 6.22. The zero-order chi connectivity index (χ0) is 19.2. The molecule has 3 rings (SSSR count). The minimum atomic E-state index is -0.0498. The van der Waals surface area contributed by atoms with Crippen LogP contribution in [0.25, 0.3) is 5.69 Å². The summed E-state index contributed by atoms with van der Waals surface area (Å²) in [6.07, 6.45) is 3.63. The maximum Gasteiger partial charge on any atom is 0.234 e. The largest absolute Gasteiger partial charge is 0.494 e. The van der Waals surface area contributed by atoms with Crippen LogP contribution >= 0.6 is 11.8 Å². The molecule has 0 aliphatic rings. The Balaban J connectivity index is 1.63. The Morgan fingerprint density at radius 1 is 1.15 bits per heavy atom. The van der Waals surface area contributed by atoms with Crippen molar-refractivity contribution in [1.82, 2.24) is 9.55 Å². The maximum absolute atomic E-state index is 12.3. The number of amides is 1. The Morgan fingerprint density at radius 3 is 2.52 bits per heavy atom. The molecule has 0 fully saturated rings. The fourth-order valence-electron chi connectivity index (χ4n) is 2.84. The molecule has 3 aromatic rings. The van der Waals surface area contributed by atoms with Crippen LogP contribution in [0, 0.1) is 13.8 Å². The summed E-state index contributed by atoms with van der Waals surface area (Å²) < 4.78 is 7.44. The number of anilines is 1. The number of aryl methyl sites for hydroxylation is 2. The van der Waals surface area contributed by atoms with Crippen LogP contribution in [0.3, 0.4) is 0 Å². The SMILES string of the molecule is CCOc1ccc(-n2ccnc2SCC(=O)Nc2cc(C)cc(C)c2)cc1. The Labute approximate surface area is 163 Å². The lowest BCUT2D eigenvalue weighted by atomic mass is 10.1. The van der Waals surface area contributed by atoms with Crippen LogP contribution in [0.1, 0.15) is 18.1 Å². The second-order valence-corrected chi connectivity index (χ2v) is 7.16. The number of rotatable bonds is 7. The minimum absolute atomic E-state index is 0.0498. The minimum Gasteiger partial charge on any atom is -0.494 e. The van der Waals surface area contributed by atoms with Crippen molar-refractivity contribution in [2.75, 3.05) is 17.7 Å². The van der Waals surface area contributed by atoms with Gasteiger partial charge in [0.1, 0.15) is 5.75 Å². The van der Waals surface area contributed by atoms with Crippen LogP contribution in [-0.4, -0.2) is 27.8 Å². The highest BCUT2D eigenvalue weighted by molar-refractivity contribution is 7.99. The van der Waals surface area contributed by atoms with Crippen molar-refractivity contribution < 1.29 is 9.53 Å². The molecule has 0 saturated heterocycles. The van der Waals surface area contributed by atoms with Crippen molar-refractivity contribution in [2.45, 2.75) is 25.9 Å². The van der Waals surface area contributed by atoms with E-state index in [0.29, 0.717) is 12.4 Å². The fraction of sp³-hybridized carbons (Fsp3) is 0.238. The number of nitrogens with zero attached hydrogens (tertiary/aromatic N) is 2. The topological polar surface area (TPSA) is 56.2 Å². The number of hydrogen-bond acceptors (Lipinski definition) is 4. The summed E-state index contributed by atoms with van der Waals surface area (Å²) in [4.78, 5) is 16.7. The summed E-state index contributed by atoms with van der Waals surface area (Å²) in [5, 5.41) is 3.73. The van der Waals surface area contributed by atoms with Crippen LogP contribution in [0.5, 0.6) is 5.75 Å². The smallest absolute Gasteiger partial charge is 0.234 e. The molecule has 0 unspecified atom stereocenters. The third kappa shape index (κ3) is 5.14. The standard InChI is InChI=1S/C21H23N3O2S/c1-4-26-19-7-5-18(6-8-19)24-10-9-22-21(24)27-14-20(25)23-17-12-15(2)11-16(3)13-17/h5-13H,4,14H2,1-3H3,(H,23,25). The molecule has 0 aliphatic carbocycles. The van der Waals surface area contributed by atoms with E-state index in [9.17, 15) is 4.79 Å². The summed E-state index contributed by atoms with van der Waals surface area (Å²) in [5.41, 5.74) is 4.06. The number of carbonyl (C=O) groups is 1. The molecule has 0 spiro atoms. The van der Waals surface area contributed by atoms with Crippen LogP contribution in [0.4, 0.5) is 5.69 Å². The third-order valence-electron chi connectivity index (χ3n) is 3.87. The van der Waals surface area contributed by atoms with Gasteiger partial charge in [-0.1, -0.05) is 17.8 Å². The van der Waals surface area contributed by atoms with Crippen molar-refractivity contribution in [3.05, 3.63) is 66.0 Å². The highest BCUT2D eigenvalue weighted by Crippen LogP contribution is 2.23. The molecule has 0 saturated carbocycles. The number of nitrogens with one attached hydrogen (secondary N) is 1. The first-order chi connectivity index (χ1) is 13.0. The van der Waals surface area contributed by atoms with Gasteiger partial charge in [-0.05, 0) is 68.3 Å². The first-order valence-electron chi connectivity index (χ1n) is 8.82. The Morgan fingerprint density at radius 2 is 1.85 bits per heavy atom. The average Bonchev–Trinajstić information content (AvgIpc) is 3.08. The van der Waals surface area contributed by atoms with Crippen LogP contribution in [0.2, 0.25) is 0 Å². The van der Waals surface area contributed by atoms with Crippen molar-refractivity contribution >= 4 is 23.4 Å². The molecule has 1 heterocycles. The number of carbonyl (C=O) groups excluding carboxylic acids is 1. The lowest BCUT2D eigenvalue weighted by Gasteiger charge is -2.10. The van der Waals surface area contributed by atoms with E-state index in [1.807, 2.05) is 67.9 Å². The summed E-state index contributed by atoms with van der Waals surface area (Å²) in [7, 11) is 0. The monoisotopic (exact) mass is 381 g/mol. The van der Waals surface area contributed by atoms with E-state index in [1.54, 1.807) is 6.20 Å². The molecule has 0 bridgehead atoms. The van der Waals surface area contributed by atoms with Crippen molar-refractivity contribution in [3.8, 4) is 11.4 Å². The molecule has 0 atom stereocenters. The summed E-state index contributed by atoms with van der Waals surface area (Å²) in [5.74, 6) is 1.08. The number of benzene rings is 2. The Bertz CT molecular complexity index is 899. The molecule has 140 valence electrons. The molecule has 6 heteroatoms. The lowest BCUT2D eigenvalue weighted by Crippen LogP contribution is -2.14. The van der Waals surface area contributed by atoms with Gasteiger partial charge in [-0.3, -0.25) is 9.36 Å². The number of aromatic nitrogens is 2. The number of thioether (sulfide) groups is 1. The van der Waals surface area contributed by atoms with E-state index < -0.39 is 0 Å². The maximum atomic E-state index is 12.3. The fourth-order valence-corrected chi connectivity index (χ4v) is 3.61. The highest BCUT2D eigenvalue weighted by Gasteiger charge is 2.10. The predicted octanol–water partition coefficient (Wildman–Crippen LogP) is 4.62. The summed E-state index contributed by atoms with van der Waals surface area (Å²) in [6, 6.07) is 13.8. The van der Waals surface area contributed by atoms with E-state index in [0.717, 1.165) is 33.4 Å². The van der Waals surface area contributed by atoms with Crippen LogP contribution in [0.15, 0.2) is 60.0 Å². The first-order valence-corrected chi connectivity index (χ1v) is 9.81. The van der Waals surface area contributed by atoms with Gasteiger partial charge in [0.2, 0.25) is 5.91 Å². The Hall–Kier alpha value is -2.73. The third-order valence-corrected chi connectivity index (χ3v) is 4.84. The Kier molecular flexibility index (Phi) is 6.19. The normalized spacial score (nSPS) is 10.6. The number of ether oxygens (including phenoxy) is 1. The predicted molar refractivity (Wildman–Crippen MR) is 110 cm³/mol. The van der Waals surface area contributed by atoms with Gasteiger partial charge in [-0.15, -0.1) is 0 Å². The zero-order valence-corrected chi connectivity index (χ0v) is 16.5. The molecule has 27 heavy (non-hydrogen) atoms. The zero-order valence-electron chi connectivity index (χ0n) is 15.7. The average molecular weight is 382 g/mol. The van der Waals surface area contributed by atoms with E-state index in [-0.39, 0.29) is 5.91 Å². The molecular weight excluding hydrogens is 358 g/mol. The van der Waals surface area contributed by atoms with Crippen molar-refractivity contribution in [3.63, 3.8) is 0 Å². The van der Waals surface area contributed by atoms with Gasteiger partial charge >= 0.3 is 0 Å². The second kappa shape index (κ2) is 8.77. The molecular formula is C21H23N3O2S. The molecule has 5 nitrogen and oxygen atoms in total. The van der Waals surface area contributed by atoms with Gasteiger partial charge < -0.3 is 10.1 Å². The number of hydrogen-bond donors (Lipinski definition) is 1. The molecule has 1 amide bonds. The summed E-state index contributed by atoms with van der Waals surface area (Å²) >= 11 is 1.41. The molecule has 2 aromatic carbocycles. The quantitative estimate of drug-likeness (QED) is 0.607. The van der Waals surface area contributed by atoms with Gasteiger partial charge in [0.05, 0.1) is 12.4 Å². The van der Waals surface area contributed by atoms with E-state index >= 15 is 0 Å². The van der Waals surface area contributed by atoms with Crippen LogP contribution in [-0.2, 0) is 4.79 Å². The summed E-state index contributed by atoms with van der Waals surface area (Å²) in [6.45, 7) is 6.64. The first kappa shape index (κ1) is 19.0. The number of imidazole rings is 1. The van der Waals surface area contributed by atoms with E-state index in [4.69, 9.17) is 4.74 Å². The molecule has 0 aliphatic heterocycles. The van der Waals surface area contributed by atoms with Gasteiger partial charge in [0, 0.05) is 23.8 Å².